The van der Waals surface area contributed by atoms with Crippen LogP contribution in [0.3, 0.4) is 0 Å². The summed E-state index contributed by atoms with van der Waals surface area (Å²) in [4.78, 5) is 40.0. The first kappa shape index (κ1) is 15.8. The van der Waals surface area contributed by atoms with E-state index in [0.717, 1.165) is 12.0 Å². The van der Waals surface area contributed by atoms with E-state index in [9.17, 15) is 14.4 Å². The smallest absolute Gasteiger partial charge is 0.247 e. The van der Waals surface area contributed by atoms with Crippen molar-refractivity contribution in [3.05, 3.63) is 42.0 Å². The molecule has 0 radical (unpaired) electrons. The Hall–Kier alpha value is -2.43. The maximum Gasteiger partial charge on any atom is 0.247 e. The fourth-order valence-corrected chi connectivity index (χ4v) is 5.36. The van der Waals surface area contributed by atoms with Crippen LogP contribution in [0.1, 0.15) is 18.9 Å². The Bertz CT molecular complexity index is 807. The van der Waals surface area contributed by atoms with Gasteiger partial charge in [0.05, 0.1) is 11.8 Å². The van der Waals surface area contributed by atoms with Crippen LogP contribution in [-0.2, 0) is 14.4 Å². The van der Waals surface area contributed by atoms with Crippen molar-refractivity contribution >= 4 is 23.4 Å². The number of nitrogens with zero attached hydrogens (tertiary/aromatic N) is 1. The third-order valence-electron chi connectivity index (χ3n) is 6.78. The van der Waals surface area contributed by atoms with E-state index in [1.165, 1.54) is 4.90 Å². The second-order valence-electron chi connectivity index (χ2n) is 8.23. The van der Waals surface area contributed by atoms with Crippen molar-refractivity contribution in [2.45, 2.75) is 26.3 Å². The fraction of sp³-hybridized carbons (Fsp3) is 0.476. The molecule has 7 atom stereocenters. The number of nitrogens with one attached hydrogen (secondary N) is 1. The molecule has 3 fully saturated rings. The second-order valence-corrected chi connectivity index (χ2v) is 8.23. The number of aryl methyl sites for hydroxylation is 1. The zero-order valence-corrected chi connectivity index (χ0v) is 14.9. The van der Waals surface area contributed by atoms with Crippen LogP contribution in [0.25, 0.3) is 0 Å². The Labute approximate surface area is 152 Å². The quantitative estimate of drug-likeness (QED) is 0.672. The molecule has 5 nitrogen and oxygen atoms in total. The molecule has 2 saturated carbocycles. The minimum absolute atomic E-state index is 0.156. The molecule has 0 aromatic heterocycles. The van der Waals surface area contributed by atoms with Crippen LogP contribution >= 0.6 is 0 Å². The van der Waals surface area contributed by atoms with Gasteiger partial charge >= 0.3 is 0 Å². The normalized spacial score (nSPS) is 37.4. The van der Waals surface area contributed by atoms with E-state index in [1.54, 1.807) is 6.92 Å². The molecule has 6 rings (SSSR count). The number of carbonyl (C=O) groups is 3. The predicted octanol–water partition coefficient (Wildman–Crippen LogP) is 2.38. The molecular formula is C21H22N2O3. The fourth-order valence-electron chi connectivity index (χ4n) is 5.36. The summed E-state index contributed by atoms with van der Waals surface area (Å²) in [5, 5.41) is 2.82. The number of benzene rings is 1. The summed E-state index contributed by atoms with van der Waals surface area (Å²) in [5.41, 5.74) is 1.78. The third-order valence-corrected chi connectivity index (χ3v) is 6.78. The highest BCUT2D eigenvalue weighted by atomic mass is 16.2. The standard InChI is InChI=1S/C21H22N2O3/c1-10-3-5-12(6-4-10)22-19(24)11(2)23-20(25)17-13-7-8-14(16-9-15(13)16)18(17)21(23)26/h3-8,11,13-18H,9H2,1-2H3,(H,22,24)/t11-,13-,14-,15-,16-,17-,18+/m0/s1. The molecule has 5 heteroatoms. The molecule has 3 amide bonds. The first-order chi connectivity index (χ1) is 12.5. The number of amides is 3. The third kappa shape index (κ3) is 2.06. The average molecular weight is 350 g/mol. The number of allylic oxidation sites excluding steroid dienone is 2. The number of anilines is 1. The summed E-state index contributed by atoms with van der Waals surface area (Å²) in [6.45, 7) is 3.62. The van der Waals surface area contributed by atoms with E-state index in [4.69, 9.17) is 0 Å². The molecule has 2 bridgehead atoms. The Balaban J connectivity index is 1.37. The first-order valence-corrected chi connectivity index (χ1v) is 9.40. The first-order valence-electron chi connectivity index (χ1n) is 9.40. The molecular weight excluding hydrogens is 328 g/mol. The van der Waals surface area contributed by atoms with Gasteiger partial charge in [-0.1, -0.05) is 29.8 Å². The number of hydrogen-bond donors (Lipinski definition) is 1. The van der Waals surface area contributed by atoms with Crippen LogP contribution in [0.2, 0.25) is 0 Å². The Kier molecular flexibility index (Phi) is 3.21. The Morgan fingerprint density at radius 2 is 1.58 bits per heavy atom. The highest BCUT2D eigenvalue weighted by Gasteiger charge is 2.67. The zero-order chi connectivity index (χ0) is 18.2. The molecule has 26 heavy (non-hydrogen) atoms. The highest BCUT2D eigenvalue weighted by Crippen LogP contribution is 2.65. The summed E-state index contributed by atoms with van der Waals surface area (Å²) < 4.78 is 0. The summed E-state index contributed by atoms with van der Waals surface area (Å²) in [5.74, 6) is 0.367. The van der Waals surface area contributed by atoms with Gasteiger partial charge in [-0.15, -0.1) is 0 Å². The van der Waals surface area contributed by atoms with Crippen molar-refractivity contribution in [2.24, 2.45) is 35.5 Å². The van der Waals surface area contributed by atoms with E-state index in [1.807, 2.05) is 31.2 Å². The van der Waals surface area contributed by atoms with Crippen molar-refractivity contribution in [1.82, 2.24) is 4.90 Å². The number of hydrogen-bond acceptors (Lipinski definition) is 3. The van der Waals surface area contributed by atoms with Crippen molar-refractivity contribution in [1.29, 1.82) is 0 Å². The lowest BCUT2D eigenvalue weighted by molar-refractivity contribution is -0.146. The molecule has 1 saturated heterocycles. The average Bonchev–Trinajstić information content (AvgIpc) is 3.41. The van der Waals surface area contributed by atoms with Gasteiger partial charge in [-0.2, -0.15) is 0 Å². The van der Waals surface area contributed by atoms with Gasteiger partial charge in [0.1, 0.15) is 6.04 Å². The number of rotatable bonds is 3. The van der Waals surface area contributed by atoms with Gasteiger partial charge in [-0.05, 0) is 56.1 Å². The summed E-state index contributed by atoms with van der Waals surface area (Å²) >= 11 is 0. The predicted molar refractivity (Wildman–Crippen MR) is 95.8 cm³/mol. The molecule has 1 aliphatic heterocycles. The van der Waals surface area contributed by atoms with Crippen molar-refractivity contribution in [3.63, 3.8) is 0 Å². The topological polar surface area (TPSA) is 66.5 Å². The van der Waals surface area contributed by atoms with Gasteiger partial charge < -0.3 is 5.32 Å². The van der Waals surface area contributed by atoms with E-state index in [2.05, 4.69) is 17.5 Å². The van der Waals surface area contributed by atoms with Gasteiger partial charge in [-0.25, -0.2) is 0 Å². The van der Waals surface area contributed by atoms with E-state index in [-0.39, 0.29) is 41.4 Å². The lowest BCUT2D eigenvalue weighted by Gasteiger charge is -2.37. The maximum atomic E-state index is 13.0. The van der Waals surface area contributed by atoms with E-state index < -0.39 is 6.04 Å². The Morgan fingerprint density at radius 3 is 2.12 bits per heavy atom. The van der Waals surface area contributed by atoms with Crippen molar-refractivity contribution < 1.29 is 14.4 Å². The van der Waals surface area contributed by atoms with Crippen LogP contribution in [0.4, 0.5) is 5.69 Å². The summed E-state index contributed by atoms with van der Waals surface area (Å²) in [6, 6.07) is 6.68. The van der Waals surface area contributed by atoms with Crippen molar-refractivity contribution in [2.75, 3.05) is 5.32 Å². The van der Waals surface area contributed by atoms with Gasteiger partial charge in [0.25, 0.3) is 0 Å². The number of likely N-dealkylation sites (tertiary alicyclic amines) is 1. The Morgan fingerprint density at radius 1 is 1.04 bits per heavy atom. The number of imide groups is 1. The minimum atomic E-state index is -0.794. The number of carbonyl (C=O) groups excluding carboxylic acids is 3. The van der Waals surface area contributed by atoms with Crippen molar-refractivity contribution in [3.8, 4) is 0 Å². The molecule has 0 spiro atoms. The van der Waals surface area contributed by atoms with Gasteiger partial charge in [-0.3, -0.25) is 19.3 Å². The van der Waals surface area contributed by atoms with Crippen LogP contribution in [-0.4, -0.2) is 28.7 Å². The van der Waals surface area contributed by atoms with Crippen LogP contribution in [0.5, 0.6) is 0 Å². The molecule has 0 unspecified atom stereocenters. The minimum Gasteiger partial charge on any atom is -0.324 e. The van der Waals surface area contributed by atoms with E-state index in [0.29, 0.717) is 17.5 Å². The monoisotopic (exact) mass is 350 g/mol. The molecule has 134 valence electrons. The SMILES string of the molecule is Cc1ccc(NC(=O)[C@H](C)N2C(=O)[C@@H]3[C@H]4C=C[C@@H]([C@@H]5C[C@@H]45)[C@@H]3C2=O)cc1. The van der Waals surface area contributed by atoms with Gasteiger partial charge in [0, 0.05) is 5.69 Å². The molecule has 1 aromatic carbocycles. The van der Waals surface area contributed by atoms with Crippen LogP contribution < -0.4 is 5.32 Å². The summed E-state index contributed by atoms with van der Waals surface area (Å²) in [7, 11) is 0. The molecule has 1 N–H and O–H groups in total. The maximum absolute atomic E-state index is 13.0. The van der Waals surface area contributed by atoms with Crippen LogP contribution in [0.15, 0.2) is 36.4 Å². The van der Waals surface area contributed by atoms with Gasteiger partial charge in [0.15, 0.2) is 0 Å². The van der Waals surface area contributed by atoms with E-state index >= 15 is 0 Å². The molecule has 1 aromatic rings. The largest absolute Gasteiger partial charge is 0.324 e. The molecule has 1 heterocycles. The lowest BCUT2D eigenvalue weighted by atomic mass is 9.63. The van der Waals surface area contributed by atoms with Gasteiger partial charge in [0.2, 0.25) is 17.7 Å². The van der Waals surface area contributed by atoms with Crippen LogP contribution in [0, 0.1) is 42.4 Å². The molecule has 4 aliphatic carbocycles. The highest BCUT2D eigenvalue weighted by molar-refractivity contribution is 6.10. The lowest BCUT2D eigenvalue weighted by Crippen LogP contribution is -2.46. The zero-order valence-electron chi connectivity index (χ0n) is 14.9. The molecule has 5 aliphatic rings. The summed E-state index contributed by atoms with van der Waals surface area (Å²) in [6.07, 6.45) is 5.43. The second kappa shape index (κ2) is 5.29.